The van der Waals surface area contributed by atoms with Crippen molar-refractivity contribution in [3.8, 4) is 0 Å². The van der Waals surface area contributed by atoms with Gasteiger partial charge in [-0.05, 0) is 24.9 Å². The summed E-state index contributed by atoms with van der Waals surface area (Å²) in [5, 5.41) is 6.97. The highest BCUT2D eigenvalue weighted by Gasteiger charge is 2.13. The smallest absolute Gasteiger partial charge is 0.271 e. The first kappa shape index (κ1) is 15.9. The first-order valence-corrected chi connectivity index (χ1v) is 5.58. The molecule has 1 amide bonds. The quantitative estimate of drug-likeness (QED) is 0.777. The molecule has 3 N–H and O–H groups in total. The SMILES string of the molecule is CC(C)c1cc(C(=O)NCCCN)nn1C.Cl. The summed E-state index contributed by atoms with van der Waals surface area (Å²) in [4.78, 5) is 11.7. The summed E-state index contributed by atoms with van der Waals surface area (Å²) in [6, 6.07) is 1.84. The molecule has 0 aliphatic heterocycles. The fourth-order valence-corrected chi connectivity index (χ4v) is 1.53. The van der Waals surface area contributed by atoms with Crippen LogP contribution in [-0.2, 0) is 7.05 Å². The number of aromatic nitrogens is 2. The average Bonchev–Trinajstić information content (AvgIpc) is 2.60. The van der Waals surface area contributed by atoms with Gasteiger partial charge in [0, 0.05) is 19.3 Å². The van der Waals surface area contributed by atoms with E-state index in [2.05, 4.69) is 24.3 Å². The molecule has 0 bridgehead atoms. The second-order valence-corrected chi connectivity index (χ2v) is 4.13. The molecule has 0 unspecified atom stereocenters. The van der Waals surface area contributed by atoms with Crippen LogP contribution < -0.4 is 11.1 Å². The standard InChI is InChI=1S/C11H20N4O.ClH/c1-8(2)10-7-9(14-15(10)3)11(16)13-6-4-5-12;/h7-8H,4-6,12H2,1-3H3,(H,13,16);1H. The zero-order chi connectivity index (χ0) is 12.1. The number of rotatable bonds is 5. The number of halogens is 1. The van der Waals surface area contributed by atoms with E-state index in [0.29, 0.717) is 24.7 Å². The molecule has 0 saturated heterocycles. The molecule has 1 heterocycles. The minimum absolute atomic E-state index is 0. The second kappa shape index (κ2) is 7.29. The summed E-state index contributed by atoms with van der Waals surface area (Å²) >= 11 is 0. The van der Waals surface area contributed by atoms with Crippen molar-refractivity contribution in [1.29, 1.82) is 0 Å². The molecule has 0 saturated carbocycles. The molecule has 5 nitrogen and oxygen atoms in total. The van der Waals surface area contributed by atoms with Crippen LogP contribution in [-0.4, -0.2) is 28.8 Å². The molecule has 6 heteroatoms. The number of amides is 1. The number of aryl methyl sites for hydroxylation is 1. The number of nitrogens with one attached hydrogen (secondary N) is 1. The summed E-state index contributed by atoms with van der Waals surface area (Å²) in [5.74, 6) is 0.235. The Morgan fingerprint density at radius 1 is 1.59 bits per heavy atom. The molecule has 1 aromatic heterocycles. The number of nitrogens with zero attached hydrogens (tertiary/aromatic N) is 2. The van der Waals surface area contributed by atoms with Gasteiger partial charge < -0.3 is 11.1 Å². The predicted molar refractivity (Wildman–Crippen MR) is 70.5 cm³/mol. The van der Waals surface area contributed by atoms with E-state index in [9.17, 15) is 4.79 Å². The molecule has 17 heavy (non-hydrogen) atoms. The zero-order valence-electron chi connectivity index (χ0n) is 10.6. The monoisotopic (exact) mass is 260 g/mol. The maximum Gasteiger partial charge on any atom is 0.271 e. The highest BCUT2D eigenvalue weighted by molar-refractivity contribution is 5.92. The molecule has 98 valence electrons. The van der Waals surface area contributed by atoms with Crippen molar-refractivity contribution in [3.63, 3.8) is 0 Å². The molecule has 0 radical (unpaired) electrons. The van der Waals surface area contributed by atoms with Crippen LogP contribution in [0.15, 0.2) is 6.07 Å². The topological polar surface area (TPSA) is 72.9 Å². The Balaban J connectivity index is 0.00000256. The van der Waals surface area contributed by atoms with E-state index in [-0.39, 0.29) is 18.3 Å². The average molecular weight is 261 g/mol. The minimum Gasteiger partial charge on any atom is -0.351 e. The van der Waals surface area contributed by atoms with E-state index in [1.165, 1.54) is 0 Å². The van der Waals surface area contributed by atoms with Crippen molar-refractivity contribution in [2.24, 2.45) is 12.8 Å². The molecule has 0 fully saturated rings. The number of carbonyl (C=O) groups excluding carboxylic acids is 1. The number of hydrogen-bond acceptors (Lipinski definition) is 3. The van der Waals surface area contributed by atoms with Gasteiger partial charge in [-0.15, -0.1) is 12.4 Å². The molecule has 0 spiro atoms. The molecule has 0 aromatic carbocycles. The van der Waals surface area contributed by atoms with E-state index in [1.807, 2.05) is 13.1 Å². The Kier molecular flexibility index (Phi) is 6.83. The van der Waals surface area contributed by atoms with Crippen molar-refractivity contribution < 1.29 is 4.79 Å². The molecule has 1 aromatic rings. The van der Waals surface area contributed by atoms with Crippen LogP contribution in [0.5, 0.6) is 0 Å². The molecule has 0 aliphatic rings. The van der Waals surface area contributed by atoms with Gasteiger partial charge in [0.15, 0.2) is 0 Å². The lowest BCUT2D eigenvalue weighted by Gasteiger charge is -2.02. The van der Waals surface area contributed by atoms with Crippen molar-refractivity contribution >= 4 is 18.3 Å². The van der Waals surface area contributed by atoms with E-state index < -0.39 is 0 Å². The first-order chi connectivity index (χ1) is 7.56. The lowest BCUT2D eigenvalue weighted by Crippen LogP contribution is -2.26. The van der Waals surface area contributed by atoms with Gasteiger partial charge in [-0.25, -0.2) is 0 Å². The third kappa shape index (κ3) is 4.36. The maximum atomic E-state index is 11.7. The second-order valence-electron chi connectivity index (χ2n) is 4.13. The lowest BCUT2D eigenvalue weighted by atomic mass is 10.1. The highest BCUT2D eigenvalue weighted by atomic mass is 35.5. The fraction of sp³-hybridized carbons (Fsp3) is 0.636. The Hall–Kier alpha value is -1.07. The summed E-state index contributed by atoms with van der Waals surface area (Å²) in [6.45, 7) is 5.34. The van der Waals surface area contributed by atoms with Crippen molar-refractivity contribution in [3.05, 3.63) is 17.5 Å². The normalized spacial score (nSPS) is 10.2. The van der Waals surface area contributed by atoms with Crippen molar-refractivity contribution in [2.45, 2.75) is 26.2 Å². The van der Waals surface area contributed by atoms with E-state index in [1.54, 1.807) is 4.68 Å². The van der Waals surface area contributed by atoms with Crippen LogP contribution >= 0.6 is 12.4 Å². The molecule has 1 rings (SSSR count). The Labute approximate surface area is 108 Å². The van der Waals surface area contributed by atoms with E-state index in [4.69, 9.17) is 5.73 Å². The molecule has 0 aliphatic carbocycles. The van der Waals surface area contributed by atoms with Crippen LogP contribution in [0, 0.1) is 0 Å². The van der Waals surface area contributed by atoms with Gasteiger partial charge in [0.2, 0.25) is 0 Å². The van der Waals surface area contributed by atoms with Crippen LogP contribution in [0.3, 0.4) is 0 Å². The first-order valence-electron chi connectivity index (χ1n) is 5.58. The summed E-state index contributed by atoms with van der Waals surface area (Å²) < 4.78 is 1.75. The minimum atomic E-state index is -0.129. The van der Waals surface area contributed by atoms with Gasteiger partial charge >= 0.3 is 0 Å². The van der Waals surface area contributed by atoms with E-state index in [0.717, 1.165) is 12.1 Å². The fourth-order valence-electron chi connectivity index (χ4n) is 1.53. The van der Waals surface area contributed by atoms with Gasteiger partial charge in [-0.1, -0.05) is 13.8 Å². The third-order valence-electron chi connectivity index (χ3n) is 2.41. The van der Waals surface area contributed by atoms with Crippen LogP contribution in [0.2, 0.25) is 0 Å². The van der Waals surface area contributed by atoms with Crippen LogP contribution in [0.1, 0.15) is 42.4 Å². The van der Waals surface area contributed by atoms with Crippen molar-refractivity contribution in [2.75, 3.05) is 13.1 Å². The Morgan fingerprint density at radius 3 is 2.71 bits per heavy atom. The van der Waals surface area contributed by atoms with Gasteiger partial charge in [0.05, 0.1) is 0 Å². The lowest BCUT2D eigenvalue weighted by molar-refractivity contribution is 0.0948. The summed E-state index contributed by atoms with van der Waals surface area (Å²) in [6.07, 6.45) is 0.787. The molecular formula is C11H21ClN4O. The van der Waals surface area contributed by atoms with Gasteiger partial charge in [-0.2, -0.15) is 5.10 Å². The molecular weight excluding hydrogens is 240 g/mol. The summed E-state index contributed by atoms with van der Waals surface area (Å²) in [7, 11) is 1.85. The number of nitrogens with two attached hydrogens (primary N) is 1. The highest BCUT2D eigenvalue weighted by Crippen LogP contribution is 2.14. The Bertz CT molecular complexity index is 362. The van der Waals surface area contributed by atoms with E-state index >= 15 is 0 Å². The molecule has 0 atom stereocenters. The van der Waals surface area contributed by atoms with Crippen LogP contribution in [0.25, 0.3) is 0 Å². The summed E-state index contributed by atoms with van der Waals surface area (Å²) in [5.41, 5.74) is 6.88. The zero-order valence-corrected chi connectivity index (χ0v) is 11.4. The largest absolute Gasteiger partial charge is 0.351 e. The number of hydrogen-bond donors (Lipinski definition) is 2. The Morgan fingerprint density at radius 2 is 2.24 bits per heavy atom. The predicted octanol–water partition coefficient (Wildman–Crippen LogP) is 1.04. The third-order valence-corrected chi connectivity index (χ3v) is 2.41. The van der Waals surface area contributed by atoms with Gasteiger partial charge in [-0.3, -0.25) is 9.48 Å². The maximum absolute atomic E-state index is 11.7. The van der Waals surface area contributed by atoms with Crippen molar-refractivity contribution in [1.82, 2.24) is 15.1 Å². The van der Waals surface area contributed by atoms with Gasteiger partial charge in [0.1, 0.15) is 5.69 Å². The van der Waals surface area contributed by atoms with Crippen LogP contribution in [0.4, 0.5) is 0 Å². The van der Waals surface area contributed by atoms with Gasteiger partial charge in [0.25, 0.3) is 5.91 Å². The number of carbonyl (C=O) groups is 1.